The Morgan fingerprint density at radius 2 is 1.96 bits per heavy atom. The molecule has 150 valence electrons. The Hall–Kier alpha value is -0.670. The summed E-state index contributed by atoms with van der Waals surface area (Å²) in [5.74, 6) is 0.299. The molecule has 1 fully saturated rings. The van der Waals surface area contributed by atoms with Gasteiger partial charge in [0.1, 0.15) is 4.21 Å². The van der Waals surface area contributed by atoms with Gasteiger partial charge < -0.3 is 11.1 Å². The smallest absolute Gasteiger partial charge is 0.252 e. The summed E-state index contributed by atoms with van der Waals surface area (Å²) in [6.45, 7) is 7.67. The van der Waals surface area contributed by atoms with Crippen LogP contribution in [0.4, 0.5) is 0 Å². The van der Waals surface area contributed by atoms with Crippen molar-refractivity contribution in [2.24, 2.45) is 11.7 Å². The molecule has 0 spiro atoms. The lowest BCUT2D eigenvalue weighted by atomic mass is 9.90. The summed E-state index contributed by atoms with van der Waals surface area (Å²) in [6.07, 6.45) is 2.79. The second-order valence-electron chi connectivity index (χ2n) is 7.42. The number of hydrogen-bond donors (Lipinski definition) is 2. The van der Waals surface area contributed by atoms with Gasteiger partial charge in [0, 0.05) is 30.1 Å². The van der Waals surface area contributed by atoms with Crippen LogP contribution in [0.3, 0.4) is 0 Å². The fraction of sp³-hybridized carbons (Fsp3) is 0.706. The number of carbonyl (C=O) groups is 1. The number of nitrogens with one attached hydrogen (secondary N) is 1. The minimum atomic E-state index is -3.41. The summed E-state index contributed by atoms with van der Waals surface area (Å²) in [5, 5.41) is 3.01. The largest absolute Gasteiger partial charge is 0.349 e. The van der Waals surface area contributed by atoms with E-state index in [0.29, 0.717) is 29.8 Å². The molecule has 26 heavy (non-hydrogen) atoms. The van der Waals surface area contributed by atoms with Crippen LogP contribution in [0.5, 0.6) is 0 Å². The molecule has 0 aromatic carbocycles. The van der Waals surface area contributed by atoms with E-state index in [9.17, 15) is 13.2 Å². The molecule has 1 amide bonds. The van der Waals surface area contributed by atoms with Crippen LogP contribution in [-0.4, -0.2) is 43.8 Å². The fourth-order valence-electron chi connectivity index (χ4n) is 3.27. The predicted octanol–water partition coefficient (Wildman–Crippen LogP) is 2.38. The molecule has 2 rings (SSSR count). The van der Waals surface area contributed by atoms with E-state index < -0.39 is 15.6 Å². The van der Waals surface area contributed by atoms with Crippen LogP contribution in [0.1, 0.15) is 44.9 Å². The summed E-state index contributed by atoms with van der Waals surface area (Å²) in [4.78, 5) is 13.1. The second-order valence-corrected chi connectivity index (χ2v) is 10.8. The van der Waals surface area contributed by atoms with Crippen molar-refractivity contribution >= 4 is 39.7 Å². The molecule has 1 aromatic heterocycles. The van der Waals surface area contributed by atoms with Crippen molar-refractivity contribution in [2.45, 2.75) is 56.2 Å². The molecule has 0 radical (unpaired) electrons. The van der Waals surface area contributed by atoms with Crippen LogP contribution in [0.2, 0.25) is 0 Å². The number of amides is 1. The lowest BCUT2D eigenvalue weighted by molar-refractivity contribution is -0.122. The Kier molecular flexibility index (Phi) is 8.54. The summed E-state index contributed by atoms with van der Waals surface area (Å²) >= 11 is 1.18. The topological polar surface area (TPSA) is 92.5 Å². The van der Waals surface area contributed by atoms with E-state index in [1.54, 1.807) is 12.1 Å². The second kappa shape index (κ2) is 9.50. The molecule has 1 aliphatic heterocycles. The molecule has 1 aromatic rings. The zero-order valence-electron chi connectivity index (χ0n) is 15.7. The first-order valence-corrected chi connectivity index (χ1v) is 11.0. The number of rotatable bonds is 8. The van der Waals surface area contributed by atoms with E-state index in [1.165, 1.54) is 15.6 Å². The van der Waals surface area contributed by atoms with Gasteiger partial charge in [0.15, 0.2) is 0 Å². The molecule has 0 saturated carbocycles. The number of hydrogen-bond acceptors (Lipinski definition) is 5. The van der Waals surface area contributed by atoms with Crippen molar-refractivity contribution in [1.82, 2.24) is 9.62 Å². The van der Waals surface area contributed by atoms with Crippen LogP contribution in [0.25, 0.3) is 0 Å². The molecule has 9 heteroatoms. The van der Waals surface area contributed by atoms with Gasteiger partial charge in [-0.1, -0.05) is 13.8 Å². The van der Waals surface area contributed by atoms with Crippen molar-refractivity contribution in [2.75, 3.05) is 19.6 Å². The molecule has 1 unspecified atom stereocenters. The third-order valence-electron chi connectivity index (χ3n) is 4.38. The van der Waals surface area contributed by atoms with Gasteiger partial charge in [-0.15, -0.1) is 23.7 Å². The van der Waals surface area contributed by atoms with E-state index >= 15 is 0 Å². The molecule has 1 aliphatic rings. The molecule has 0 aliphatic carbocycles. The summed E-state index contributed by atoms with van der Waals surface area (Å²) < 4.78 is 26.9. The summed E-state index contributed by atoms with van der Waals surface area (Å²) in [7, 11) is -3.41. The zero-order chi connectivity index (χ0) is 18.7. The van der Waals surface area contributed by atoms with Gasteiger partial charge in [-0.3, -0.25) is 4.79 Å². The molecule has 3 N–H and O–H groups in total. The quantitative estimate of drug-likeness (QED) is 0.671. The Morgan fingerprint density at radius 1 is 1.35 bits per heavy atom. The molecule has 6 nitrogen and oxygen atoms in total. The van der Waals surface area contributed by atoms with Gasteiger partial charge >= 0.3 is 0 Å². The van der Waals surface area contributed by atoms with Gasteiger partial charge in [-0.2, -0.15) is 4.31 Å². The molecule has 1 saturated heterocycles. The van der Waals surface area contributed by atoms with E-state index in [4.69, 9.17) is 5.73 Å². The first-order chi connectivity index (χ1) is 11.7. The van der Waals surface area contributed by atoms with Gasteiger partial charge in [0.25, 0.3) is 10.0 Å². The highest BCUT2D eigenvalue weighted by molar-refractivity contribution is 7.91. The Labute approximate surface area is 167 Å². The average Bonchev–Trinajstić information content (AvgIpc) is 3.17. The van der Waals surface area contributed by atoms with Crippen LogP contribution in [-0.2, 0) is 21.2 Å². The number of sulfonamides is 1. The Balaban J connectivity index is 0.00000338. The lowest BCUT2D eigenvalue weighted by Crippen LogP contribution is -2.52. The van der Waals surface area contributed by atoms with Gasteiger partial charge in [0.05, 0.1) is 6.42 Å². The molecule has 2 heterocycles. The number of nitrogens with two attached hydrogens (primary N) is 1. The fourth-order valence-corrected chi connectivity index (χ4v) is 6.30. The van der Waals surface area contributed by atoms with Crippen LogP contribution >= 0.6 is 23.7 Å². The van der Waals surface area contributed by atoms with Crippen LogP contribution in [0.15, 0.2) is 16.3 Å². The monoisotopic (exact) mass is 423 g/mol. The summed E-state index contributed by atoms with van der Waals surface area (Å²) in [5.41, 5.74) is 5.39. The van der Waals surface area contributed by atoms with E-state index in [-0.39, 0.29) is 24.7 Å². The maximum atomic E-state index is 12.5. The van der Waals surface area contributed by atoms with Crippen molar-refractivity contribution in [3.05, 3.63) is 17.0 Å². The predicted molar refractivity (Wildman–Crippen MR) is 108 cm³/mol. The molecule has 1 atom stereocenters. The standard InChI is InChI=1S/C17H29N3O3S2.ClH/c1-13(2)11-17(3,12-18)19-15(21)10-14-6-7-16(24-14)25(22,23)20-8-4-5-9-20;/h6-7,13H,4-5,8-12,18H2,1-3H3,(H,19,21);1H. The van der Waals surface area contributed by atoms with E-state index in [1.807, 2.05) is 6.92 Å². The van der Waals surface area contributed by atoms with Gasteiger partial charge in [0.2, 0.25) is 5.91 Å². The minimum Gasteiger partial charge on any atom is -0.349 e. The number of thiophene rings is 1. The van der Waals surface area contributed by atoms with E-state index in [0.717, 1.165) is 24.1 Å². The minimum absolute atomic E-state index is 0. The van der Waals surface area contributed by atoms with Crippen molar-refractivity contribution in [3.8, 4) is 0 Å². The highest BCUT2D eigenvalue weighted by atomic mass is 35.5. The van der Waals surface area contributed by atoms with Gasteiger partial charge in [-0.05, 0) is 44.2 Å². The molecular weight excluding hydrogens is 394 g/mol. The zero-order valence-corrected chi connectivity index (χ0v) is 18.1. The highest BCUT2D eigenvalue weighted by Gasteiger charge is 2.29. The van der Waals surface area contributed by atoms with Crippen LogP contribution in [0, 0.1) is 5.92 Å². The van der Waals surface area contributed by atoms with Crippen molar-refractivity contribution < 1.29 is 13.2 Å². The average molecular weight is 424 g/mol. The van der Waals surface area contributed by atoms with Crippen molar-refractivity contribution in [1.29, 1.82) is 0 Å². The molecule has 0 bridgehead atoms. The summed E-state index contributed by atoms with van der Waals surface area (Å²) in [6, 6.07) is 3.34. The third-order valence-corrected chi connectivity index (χ3v) is 7.83. The maximum absolute atomic E-state index is 12.5. The maximum Gasteiger partial charge on any atom is 0.252 e. The number of nitrogens with zero attached hydrogens (tertiary/aromatic N) is 1. The van der Waals surface area contributed by atoms with Gasteiger partial charge in [-0.25, -0.2) is 8.42 Å². The number of carbonyl (C=O) groups excluding carboxylic acids is 1. The first-order valence-electron chi connectivity index (χ1n) is 8.76. The van der Waals surface area contributed by atoms with Crippen molar-refractivity contribution in [3.63, 3.8) is 0 Å². The lowest BCUT2D eigenvalue weighted by Gasteiger charge is -2.31. The third kappa shape index (κ3) is 5.92. The Morgan fingerprint density at radius 3 is 2.50 bits per heavy atom. The van der Waals surface area contributed by atoms with Crippen LogP contribution < -0.4 is 11.1 Å². The SMILES string of the molecule is CC(C)CC(C)(CN)NC(=O)Cc1ccc(S(=O)(=O)N2CCCC2)s1.Cl. The molecular formula is C17H30ClN3O3S2. The van der Waals surface area contributed by atoms with E-state index in [2.05, 4.69) is 19.2 Å². The first kappa shape index (κ1) is 23.4. The highest BCUT2D eigenvalue weighted by Crippen LogP contribution is 2.27. The Bertz CT molecular complexity index is 700. The number of halogens is 1. The normalized spacial score (nSPS) is 17.7.